The fourth-order valence-corrected chi connectivity index (χ4v) is 2.28. The lowest BCUT2D eigenvalue weighted by Gasteiger charge is -2.26. The summed E-state index contributed by atoms with van der Waals surface area (Å²) in [6.07, 6.45) is 1.89. The van der Waals surface area contributed by atoms with Crippen molar-refractivity contribution in [3.8, 4) is 0 Å². The Hall–Kier alpha value is -1.83. The molecule has 2 aliphatic rings. The highest BCUT2D eigenvalue weighted by Crippen LogP contribution is 2.28. The second kappa shape index (κ2) is 6.75. The first-order valence-electron chi connectivity index (χ1n) is 7.09. The monoisotopic (exact) mass is 299 g/mol. The number of nitrogens with one attached hydrogen (secondary N) is 2. The second-order valence-electron chi connectivity index (χ2n) is 5.46. The van der Waals surface area contributed by atoms with Crippen LogP contribution < -0.4 is 10.6 Å². The molecular formula is C13H21N3O5. The van der Waals surface area contributed by atoms with Crippen LogP contribution in [0.1, 0.15) is 12.8 Å². The second-order valence-corrected chi connectivity index (χ2v) is 5.46. The number of hydrogen-bond donors (Lipinski definition) is 3. The first kappa shape index (κ1) is 15.6. The van der Waals surface area contributed by atoms with E-state index in [4.69, 9.17) is 9.84 Å². The van der Waals surface area contributed by atoms with Gasteiger partial charge < -0.3 is 25.4 Å². The van der Waals surface area contributed by atoms with Crippen LogP contribution in [0, 0.1) is 11.8 Å². The molecule has 0 aromatic rings. The first-order valence-corrected chi connectivity index (χ1v) is 7.09. The van der Waals surface area contributed by atoms with Gasteiger partial charge in [-0.1, -0.05) is 0 Å². The summed E-state index contributed by atoms with van der Waals surface area (Å²) in [6.45, 7) is 1.03. The van der Waals surface area contributed by atoms with Gasteiger partial charge in [-0.3, -0.25) is 9.59 Å². The Kier molecular flexibility index (Phi) is 5.00. The predicted octanol–water partition coefficient (Wildman–Crippen LogP) is -0.746. The highest BCUT2D eigenvalue weighted by atomic mass is 16.5. The summed E-state index contributed by atoms with van der Waals surface area (Å²) in [7, 11) is 1.55. The third-order valence-electron chi connectivity index (χ3n) is 3.83. The molecule has 2 unspecified atom stereocenters. The van der Waals surface area contributed by atoms with Crippen molar-refractivity contribution in [1.29, 1.82) is 0 Å². The lowest BCUT2D eigenvalue weighted by atomic mass is 10.0. The number of hydrogen-bond acceptors (Lipinski definition) is 4. The highest BCUT2D eigenvalue weighted by molar-refractivity contribution is 5.81. The molecular weight excluding hydrogens is 278 g/mol. The van der Waals surface area contributed by atoms with Crippen molar-refractivity contribution < 1.29 is 24.2 Å². The van der Waals surface area contributed by atoms with Gasteiger partial charge in [0.25, 0.3) is 0 Å². The van der Waals surface area contributed by atoms with Crippen LogP contribution in [0.4, 0.5) is 4.79 Å². The molecule has 2 fully saturated rings. The molecule has 3 amide bonds. The van der Waals surface area contributed by atoms with E-state index in [0.717, 1.165) is 12.8 Å². The summed E-state index contributed by atoms with van der Waals surface area (Å²) < 4.78 is 5.13. The van der Waals surface area contributed by atoms with Gasteiger partial charge in [0.1, 0.15) is 5.92 Å². The summed E-state index contributed by atoms with van der Waals surface area (Å²) in [4.78, 5) is 35.8. The highest BCUT2D eigenvalue weighted by Gasteiger charge is 2.38. The molecule has 0 spiro atoms. The number of urea groups is 1. The first-order chi connectivity index (χ1) is 10.0. The van der Waals surface area contributed by atoms with Gasteiger partial charge in [-0.2, -0.15) is 0 Å². The molecule has 21 heavy (non-hydrogen) atoms. The number of nitrogens with zero attached hydrogens (tertiary/aromatic N) is 1. The number of likely N-dealkylation sites (N-methyl/N-ethyl adjacent to an activating group) is 1. The van der Waals surface area contributed by atoms with Crippen LogP contribution in [0.5, 0.6) is 0 Å². The van der Waals surface area contributed by atoms with Gasteiger partial charge in [0, 0.05) is 26.1 Å². The largest absolute Gasteiger partial charge is 0.481 e. The number of carboxylic acid groups (broad SMARTS) is 1. The maximum absolute atomic E-state index is 11.9. The van der Waals surface area contributed by atoms with E-state index >= 15 is 0 Å². The number of carboxylic acids is 1. The molecule has 1 aliphatic carbocycles. The Labute approximate surface area is 122 Å². The van der Waals surface area contributed by atoms with Crippen LogP contribution in [0.2, 0.25) is 0 Å². The van der Waals surface area contributed by atoms with E-state index in [2.05, 4.69) is 10.6 Å². The van der Waals surface area contributed by atoms with Crippen LogP contribution in [0.25, 0.3) is 0 Å². The number of rotatable bonds is 6. The van der Waals surface area contributed by atoms with Crippen molar-refractivity contribution in [2.24, 2.45) is 11.8 Å². The minimum atomic E-state index is -0.964. The smallest absolute Gasteiger partial charge is 0.317 e. The van der Waals surface area contributed by atoms with E-state index in [-0.39, 0.29) is 31.1 Å². The topological polar surface area (TPSA) is 108 Å². The molecule has 0 aromatic heterocycles. The molecule has 8 nitrogen and oxygen atoms in total. The maximum Gasteiger partial charge on any atom is 0.317 e. The molecule has 8 heteroatoms. The molecule has 0 bridgehead atoms. The Morgan fingerprint density at radius 3 is 2.48 bits per heavy atom. The zero-order valence-electron chi connectivity index (χ0n) is 12.0. The van der Waals surface area contributed by atoms with Gasteiger partial charge in [0.05, 0.1) is 19.3 Å². The van der Waals surface area contributed by atoms with Crippen molar-refractivity contribution in [1.82, 2.24) is 15.5 Å². The van der Waals surface area contributed by atoms with Crippen molar-refractivity contribution in [2.45, 2.75) is 18.9 Å². The van der Waals surface area contributed by atoms with Gasteiger partial charge in [-0.15, -0.1) is 0 Å². The normalized spacial score (nSPS) is 24.4. The minimum Gasteiger partial charge on any atom is -0.481 e. The Balaban J connectivity index is 1.69. The Bertz CT molecular complexity index is 424. The quantitative estimate of drug-likeness (QED) is 0.560. The van der Waals surface area contributed by atoms with E-state index in [1.54, 1.807) is 7.05 Å². The summed E-state index contributed by atoms with van der Waals surface area (Å²) in [5.41, 5.74) is 0. The molecule has 2 rings (SSSR count). The van der Waals surface area contributed by atoms with Crippen LogP contribution >= 0.6 is 0 Å². The zero-order valence-corrected chi connectivity index (χ0v) is 12.0. The van der Waals surface area contributed by atoms with Crippen LogP contribution in [0.3, 0.4) is 0 Å². The molecule has 1 aliphatic heterocycles. The van der Waals surface area contributed by atoms with E-state index < -0.39 is 17.9 Å². The molecule has 0 aromatic carbocycles. The average Bonchev–Trinajstić information content (AvgIpc) is 3.18. The number of carbonyl (C=O) groups is 3. The fraction of sp³-hybridized carbons (Fsp3) is 0.769. The van der Waals surface area contributed by atoms with E-state index in [1.165, 1.54) is 4.90 Å². The van der Waals surface area contributed by atoms with Crippen LogP contribution in [-0.4, -0.2) is 67.3 Å². The lowest BCUT2D eigenvalue weighted by Crippen LogP contribution is -2.49. The van der Waals surface area contributed by atoms with Crippen molar-refractivity contribution in [2.75, 3.05) is 33.4 Å². The number of carbonyl (C=O) groups excluding carboxylic acids is 2. The standard InChI is InChI=1S/C13H21N3O5/c1-16(10-7-21-6-9(10)12(18)19)13(20)15-5-4-14-11(17)8-2-3-8/h8-10H,2-7H2,1H3,(H,14,17)(H,15,20)(H,18,19). The summed E-state index contributed by atoms with van der Waals surface area (Å²) in [6, 6.07) is -0.832. The van der Waals surface area contributed by atoms with Gasteiger partial charge in [-0.05, 0) is 12.8 Å². The summed E-state index contributed by atoms with van der Waals surface area (Å²) >= 11 is 0. The molecule has 118 valence electrons. The van der Waals surface area contributed by atoms with E-state index in [0.29, 0.717) is 13.1 Å². The van der Waals surface area contributed by atoms with E-state index in [9.17, 15) is 14.4 Å². The Morgan fingerprint density at radius 2 is 1.86 bits per heavy atom. The van der Waals surface area contributed by atoms with Crippen LogP contribution in [0.15, 0.2) is 0 Å². The average molecular weight is 299 g/mol. The number of amides is 3. The fourth-order valence-electron chi connectivity index (χ4n) is 2.28. The van der Waals surface area contributed by atoms with Gasteiger partial charge in [0.15, 0.2) is 0 Å². The third kappa shape index (κ3) is 4.07. The van der Waals surface area contributed by atoms with Gasteiger partial charge in [-0.25, -0.2) is 4.79 Å². The van der Waals surface area contributed by atoms with Crippen molar-refractivity contribution >= 4 is 17.9 Å². The Morgan fingerprint density at radius 1 is 1.19 bits per heavy atom. The zero-order chi connectivity index (χ0) is 15.4. The summed E-state index contributed by atoms with van der Waals surface area (Å²) in [5.74, 6) is -1.48. The lowest BCUT2D eigenvalue weighted by molar-refractivity contribution is -0.142. The summed E-state index contributed by atoms with van der Waals surface area (Å²) in [5, 5.41) is 14.5. The van der Waals surface area contributed by atoms with Crippen molar-refractivity contribution in [3.05, 3.63) is 0 Å². The SMILES string of the molecule is CN(C(=O)NCCNC(=O)C1CC1)C1COCC1C(=O)O. The van der Waals surface area contributed by atoms with E-state index in [1.807, 2.05) is 0 Å². The van der Waals surface area contributed by atoms with Crippen molar-refractivity contribution in [3.63, 3.8) is 0 Å². The van der Waals surface area contributed by atoms with Crippen LogP contribution in [-0.2, 0) is 14.3 Å². The number of aliphatic carboxylic acids is 1. The number of ether oxygens (including phenoxy) is 1. The molecule has 3 N–H and O–H groups in total. The molecule has 0 radical (unpaired) electrons. The molecule has 1 heterocycles. The van der Waals surface area contributed by atoms with Gasteiger partial charge in [0.2, 0.25) is 5.91 Å². The molecule has 1 saturated carbocycles. The molecule has 2 atom stereocenters. The minimum absolute atomic E-state index is 0.0349. The maximum atomic E-state index is 11.9. The van der Waals surface area contributed by atoms with Gasteiger partial charge >= 0.3 is 12.0 Å². The third-order valence-corrected chi connectivity index (χ3v) is 3.83. The molecule has 1 saturated heterocycles. The predicted molar refractivity (Wildman–Crippen MR) is 72.6 cm³/mol.